The van der Waals surface area contributed by atoms with E-state index in [9.17, 15) is 9.59 Å². The predicted octanol–water partition coefficient (Wildman–Crippen LogP) is 4.20. The Kier molecular flexibility index (Phi) is 6.04. The van der Waals surface area contributed by atoms with Crippen molar-refractivity contribution in [3.63, 3.8) is 0 Å². The summed E-state index contributed by atoms with van der Waals surface area (Å²) >= 11 is 0. The first-order valence-corrected chi connectivity index (χ1v) is 12.9. The zero-order chi connectivity index (χ0) is 25.5. The summed E-state index contributed by atoms with van der Waals surface area (Å²) in [6.07, 6.45) is 4.12. The summed E-state index contributed by atoms with van der Waals surface area (Å²) in [7, 11) is 1.79. The maximum Gasteiger partial charge on any atom is 0.254 e. The van der Waals surface area contributed by atoms with Gasteiger partial charge in [0.15, 0.2) is 0 Å². The molecule has 2 amide bonds. The minimum absolute atomic E-state index is 0.0326. The fourth-order valence-electron chi connectivity index (χ4n) is 5.58. The number of likely N-dealkylation sites (tertiary alicyclic amines) is 1. The topological polar surface area (TPSA) is 78.0 Å². The third-order valence-electron chi connectivity index (χ3n) is 7.60. The Bertz CT molecular complexity index is 1320. The molecule has 0 saturated carbocycles. The van der Waals surface area contributed by atoms with Crippen LogP contribution in [0.2, 0.25) is 0 Å². The molecule has 2 aromatic carbocycles. The highest BCUT2D eigenvalue weighted by molar-refractivity contribution is 6.05. The molecule has 2 fully saturated rings. The van der Waals surface area contributed by atoms with E-state index in [1.807, 2.05) is 60.4 Å². The zero-order valence-corrected chi connectivity index (χ0v) is 21.1. The molecular formula is C29H31N5O3. The van der Waals surface area contributed by atoms with Crippen molar-refractivity contribution in [2.24, 2.45) is 0 Å². The number of amides is 2. The highest BCUT2D eigenvalue weighted by Gasteiger charge is 2.36. The summed E-state index contributed by atoms with van der Waals surface area (Å²) < 4.78 is 5.89. The van der Waals surface area contributed by atoms with Gasteiger partial charge in [-0.2, -0.15) is 0 Å². The Balaban J connectivity index is 1.25. The Morgan fingerprint density at radius 3 is 2.54 bits per heavy atom. The van der Waals surface area contributed by atoms with Gasteiger partial charge in [-0.1, -0.05) is 36.4 Å². The molecule has 3 unspecified atom stereocenters. The number of nitrogens with zero attached hydrogens (tertiary/aromatic N) is 4. The van der Waals surface area contributed by atoms with E-state index in [0.717, 1.165) is 35.5 Å². The van der Waals surface area contributed by atoms with Crippen molar-refractivity contribution in [1.29, 1.82) is 0 Å². The summed E-state index contributed by atoms with van der Waals surface area (Å²) in [6, 6.07) is 19.4. The van der Waals surface area contributed by atoms with E-state index < -0.39 is 0 Å². The highest BCUT2D eigenvalue weighted by atomic mass is 16.5. The number of carbonyl (C=O) groups excluding carboxylic acids is 2. The monoisotopic (exact) mass is 497 g/mol. The average Bonchev–Trinajstić information content (AvgIpc) is 3.27. The lowest BCUT2D eigenvalue weighted by Gasteiger charge is -2.40. The van der Waals surface area contributed by atoms with E-state index in [2.05, 4.69) is 27.3 Å². The second-order valence-corrected chi connectivity index (χ2v) is 10.1. The Hall–Kier alpha value is -3.91. The average molecular weight is 498 g/mol. The Labute approximate surface area is 216 Å². The lowest BCUT2D eigenvalue weighted by Crippen LogP contribution is -2.50. The van der Waals surface area contributed by atoms with Gasteiger partial charge >= 0.3 is 0 Å². The number of anilines is 4. The predicted molar refractivity (Wildman–Crippen MR) is 143 cm³/mol. The van der Waals surface area contributed by atoms with Crippen molar-refractivity contribution >= 4 is 34.7 Å². The molecule has 0 radical (unpaired) electrons. The van der Waals surface area contributed by atoms with Crippen LogP contribution in [0.3, 0.4) is 0 Å². The number of likely N-dealkylation sites (N-methyl/N-ethyl adjacent to an activating group) is 1. The molecule has 3 aromatic rings. The van der Waals surface area contributed by atoms with Crippen LogP contribution in [0.25, 0.3) is 0 Å². The molecule has 1 aromatic heterocycles. The molecule has 2 bridgehead atoms. The van der Waals surface area contributed by atoms with Gasteiger partial charge in [-0.15, -0.1) is 0 Å². The molecule has 8 heteroatoms. The molecule has 2 saturated heterocycles. The largest absolute Gasteiger partial charge is 0.371 e. The van der Waals surface area contributed by atoms with Crippen LogP contribution in [-0.2, 0) is 16.1 Å². The van der Waals surface area contributed by atoms with Crippen LogP contribution in [0.5, 0.6) is 0 Å². The van der Waals surface area contributed by atoms with Crippen LogP contribution in [0.1, 0.15) is 35.7 Å². The van der Waals surface area contributed by atoms with Crippen molar-refractivity contribution < 1.29 is 14.3 Å². The van der Waals surface area contributed by atoms with Crippen LogP contribution >= 0.6 is 0 Å². The van der Waals surface area contributed by atoms with E-state index in [-0.39, 0.29) is 30.1 Å². The SMILES string of the molecule is CC1C(=O)N(C)c2cnc(Nc3cccc(C(=O)N4CC5CCC(C4)O5)c3)cc2N1Cc1ccccc1. The number of aromatic nitrogens is 1. The third kappa shape index (κ3) is 4.53. The Morgan fingerprint density at radius 2 is 1.78 bits per heavy atom. The number of carbonyl (C=O) groups is 2. The Morgan fingerprint density at radius 1 is 1.03 bits per heavy atom. The van der Waals surface area contributed by atoms with Crippen molar-refractivity contribution in [3.05, 3.63) is 78.0 Å². The van der Waals surface area contributed by atoms with E-state index in [1.54, 1.807) is 18.1 Å². The summed E-state index contributed by atoms with van der Waals surface area (Å²) in [5, 5.41) is 3.37. The molecule has 3 aliphatic rings. The van der Waals surface area contributed by atoms with Crippen LogP contribution in [0.15, 0.2) is 66.9 Å². The second kappa shape index (κ2) is 9.52. The molecule has 37 heavy (non-hydrogen) atoms. The van der Waals surface area contributed by atoms with Gasteiger partial charge in [0, 0.05) is 44.0 Å². The fourth-order valence-corrected chi connectivity index (χ4v) is 5.58. The molecule has 3 aliphatic heterocycles. The highest BCUT2D eigenvalue weighted by Crippen LogP contribution is 2.38. The molecule has 190 valence electrons. The number of morpholine rings is 1. The minimum Gasteiger partial charge on any atom is -0.371 e. The number of benzene rings is 2. The summed E-state index contributed by atoms with van der Waals surface area (Å²) in [5.41, 5.74) is 4.28. The lowest BCUT2D eigenvalue weighted by molar-refractivity contribution is -0.119. The van der Waals surface area contributed by atoms with Crippen molar-refractivity contribution in [1.82, 2.24) is 9.88 Å². The second-order valence-electron chi connectivity index (χ2n) is 10.1. The summed E-state index contributed by atoms with van der Waals surface area (Å²) in [4.78, 5) is 36.4. The standard InChI is InChI=1S/C29H31N5O3/c1-19-28(35)32(2)26-15-30-27(14-25(26)34(19)16-20-7-4-3-5-8-20)31-22-10-6-9-21(13-22)29(36)33-17-23-11-12-24(18-33)37-23/h3-10,13-15,19,23-24H,11-12,16-18H2,1-2H3,(H,30,31). The van der Waals surface area contributed by atoms with Crippen LogP contribution < -0.4 is 15.1 Å². The van der Waals surface area contributed by atoms with Gasteiger partial charge < -0.3 is 24.8 Å². The van der Waals surface area contributed by atoms with Gasteiger partial charge in [0.05, 0.1) is 29.8 Å². The number of ether oxygens (including phenoxy) is 1. The van der Waals surface area contributed by atoms with Gasteiger partial charge in [0.25, 0.3) is 5.91 Å². The van der Waals surface area contributed by atoms with Crippen molar-refractivity contribution in [2.75, 3.05) is 35.3 Å². The third-order valence-corrected chi connectivity index (χ3v) is 7.60. The number of hydrogen-bond acceptors (Lipinski definition) is 6. The molecular weight excluding hydrogens is 466 g/mol. The number of fused-ring (bicyclic) bond motifs is 3. The quantitative estimate of drug-likeness (QED) is 0.569. The first kappa shape index (κ1) is 23.5. The summed E-state index contributed by atoms with van der Waals surface area (Å²) in [6.45, 7) is 3.86. The molecule has 3 atom stereocenters. The van der Waals surface area contributed by atoms with Gasteiger partial charge in [0.1, 0.15) is 11.9 Å². The zero-order valence-electron chi connectivity index (χ0n) is 21.1. The molecule has 6 rings (SSSR count). The molecule has 8 nitrogen and oxygen atoms in total. The van der Waals surface area contributed by atoms with Crippen LogP contribution in [0, 0.1) is 0 Å². The van der Waals surface area contributed by atoms with Crippen LogP contribution in [0.4, 0.5) is 22.9 Å². The first-order valence-electron chi connectivity index (χ1n) is 12.9. The minimum atomic E-state index is -0.308. The number of pyridine rings is 1. The molecule has 0 spiro atoms. The van der Waals surface area contributed by atoms with Crippen LogP contribution in [-0.4, -0.2) is 60.1 Å². The maximum absolute atomic E-state index is 13.2. The van der Waals surface area contributed by atoms with Gasteiger partial charge in [-0.3, -0.25) is 9.59 Å². The van der Waals surface area contributed by atoms with E-state index in [0.29, 0.717) is 31.0 Å². The maximum atomic E-state index is 13.2. The molecule has 4 heterocycles. The van der Waals surface area contributed by atoms with Crippen molar-refractivity contribution in [2.45, 2.75) is 44.6 Å². The van der Waals surface area contributed by atoms with Crippen molar-refractivity contribution in [3.8, 4) is 0 Å². The first-order chi connectivity index (χ1) is 18.0. The van der Waals surface area contributed by atoms with Gasteiger partial charge in [-0.05, 0) is 43.5 Å². The summed E-state index contributed by atoms with van der Waals surface area (Å²) in [5.74, 6) is 0.722. The fraction of sp³-hybridized carbons (Fsp3) is 0.345. The normalized spacial score (nSPS) is 22.7. The van der Waals surface area contributed by atoms with Gasteiger partial charge in [-0.25, -0.2) is 4.98 Å². The number of hydrogen-bond donors (Lipinski definition) is 1. The lowest BCUT2D eigenvalue weighted by atomic mass is 10.1. The van der Waals surface area contributed by atoms with Gasteiger partial charge in [0.2, 0.25) is 5.91 Å². The molecule has 1 N–H and O–H groups in total. The smallest absolute Gasteiger partial charge is 0.254 e. The molecule has 0 aliphatic carbocycles. The van der Waals surface area contributed by atoms with E-state index in [1.165, 1.54) is 0 Å². The van der Waals surface area contributed by atoms with E-state index >= 15 is 0 Å². The van der Waals surface area contributed by atoms with E-state index in [4.69, 9.17) is 4.74 Å². The number of rotatable bonds is 5. The number of nitrogens with one attached hydrogen (secondary N) is 1.